The Balaban J connectivity index is 4.04. The maximum absolute atomic E-state index is 12.3. The molecule has 0 radical (unpaired) electrons. The van der Waals surface area contributed by atoms with Gasteiger partial charge in [0.25, 0.3) is 0 Å². The van der Waals surface area contributed by atoms with Crippen molar-refractivity contribution in [1.82, 2.24) is 0 Å². The molecule has 4 heteroatoms. The summed E-state index contributed by atoms with van der Waals surface area (Å²) in [5, 5.41) is 10.8. The molecule has 1 N–H and O–H groups in total. The minimum absolute atomic E-state index is 0.00301. The van der Waals surface area contributed by atoms with Gasteiger partial charge in [0.15, 0.2) is 5.78 Å². The van der Waals surface area contributed by atoms with Gasteiger partial charge in [-0.2, -0.15) is 0 Å². The van der Waals surface area contributed by atoms with E-state index in [1.165, 1.54) is 7.11 Å². The van der Waals surface area contributed by atoms with E-state index in [0.717, 1.165) is 70.6 Å². The van der Waals surface area contributed by atoms with Crippen molar-refractivity contribution >= 4 is 11.8 Å². The smallest absolute Gasteiger partial charge is 0.305 e. The number of Topliss-reactive ketones (excluding diaryl/α,β-unsaturated/α-hetero) is 1. The highest BCUT2D eigenvalue weighted by Gasteiger charge is 2.32. The van der Waals surface area contributed by atoms with Gasteiger partial charge >= 0.3 is 5.97 Å². The van der Waals surface area contributed by atoms with Crippen LogP contribution in [0.3, 0.4) is 0 Å². The molecule has 0 aromatic heterocycles. The maximum Gasteiger partial charge on any atom is 0.305 e. The quantitative estimate of drug-likeness (QED) is 0.182. The lowest BCUT2D eigenvalue weighted by molar-refractivity contribution is -0.140. The van der Waals surface area contributed by atoms with E-state index in [1.807, 2.05) is 13.0 Å². The zero-order chi connectivity index (χ0) is 20.4. The van der Waals surface area contributed by atoms with E-state index in [9.17, 15) is 14.7 Å². The molecule has 0 bridgehead atoms. The second-order valence-corrected chi connectivity index (χ2v) is 7.57. The lowest BCUT2D eigenvalue weighted by atomic mass is 9.86. The maximum atomic E-state index is 12.3. The van der Waals surface area contributed by atoms with Crippen molar-refractivity contribution in [3.63, 3.8) is 0 Å². The molecule has 0 rings (SSSR count). The molecule has 0 saturated carbocycles. The van der Waals surface area contributed by atoms with Crippen molar-refractivity contribution in [1.29, 1.82) is 0 Å². The topological polar surface area (TPSA) is 63.6 Å². The number of allylic oxidation sites excluding steroid dienone is 1. The van der Waals surface area contributed by atoms with E-state index in [0.29, 0.717) is 25.7 Å². The van der Waals surface area contributed by atoms with Crippen LogP contribution in [0, 0.1) is 0 Å². The second kappa shape index (κ2) is 17.0. The second-order valence-electron chi connectivity index (χ2n) is 7.57. The molecule has 0 amide bonds. The van der Waals surface area contributed by atoms with Crippen molar-refractivity contribution in [2.75, 3.05) is 7.11 Å². The van der Waals surface area contributed by atoms with Gasteiger partial charge in [-0.05, 0) is 32.1 Å². The normalized spacial score (nSPS) is 13.6. The number of esters is 1. The third kappa shape index (κ3) is 13.6. The molecule has 4 nitrogen and oxygen atoms in total. The van der Waals surface area contributed by atoms with Crippen LogP contribution in [0.4, 0.5) is 0 Å². The van der Waals surface area contributed by atoms with Crippen LogP contribution in [0.5, 0.6) is 0 Å². The summed E-state index contributed by atoms with van der Waals surface area (Å²) in [4.78, 5) is 23.4. The van der Waals surface area contributed by atoms with Crippen molar-refractivity contribution in [3.8, 4) is 0 Å². The predicted molar refractivity (Wildman–Crippen MR) is 112 cm³/mol. The number of unbranched alkanes of at least 4 members (excludes halogenated alkanes) is 8. The van der Waals surface area contributed by atoms with Gasteiger partial charge < -0.3 is 9.84 Å². The molecule has 0 saturated heterocycles. The first-order valence-corrected chi connectivity index (χ1v) is 11.0. The largest absolute Gasteiger partial charge is 0.469 e. The summed E-state index contributed by atoms with van der Waals surface area (Å²) in [6, 6.07) is 0. The lowest BCUT2D eigenvalue weighted by Crippen LogP contribution is -2.38. The molecule has 0 aliphatic rings. The Hall–Kier alpha value is -1.16. The third-order valence-electron chi connectivity index (χ3n) is 5.04. The van der Waals surface area contributed by atoms with E-state index in [1.54, 1.807) is 0 Å². The lowest BCUT2D eigenvalue weighted by Gasteiger charge is -2.25. The van der Waals surface area contributed by atoms with Gasteiger partial charge in [-0.25, -0.2) is 0 Å². The Morgan fingerprint density at radius 2 is 1.52 bits per heavy atom. The van der Waals surface area contributed by atoms with Gasteiger partial charge in [0.05, 0.1) is 7.11 Å². The van der Waals surface area contributed by atoms with Gasteiger partial charge in [-0.3, -0.25) is 9.59 Å². The molecule has 1 atom stereocenters. The van der Waals surface area contributed by atoms with Crippen LogP contribution in [0.2, 0.25) is 0 Å². The van der Waals surface area contributed by atoms with Crippen LogP contribution in [0.1, 0.15) is 110 Å². The fraction of sp³-hybridized carbons (Fsp3) is 0.826. The van der Waals surface area contributed by atoms with Crippen LogP contribution < -0.4 is 0 Å². The number of rotatable bonds is 18. The van der Waals surface area contributed by atoms with Gasteiger partial charge in [0.2, 0.25) is 0 Å². The number of methoxy groups -OCH3 is 1. The Labute approximate surface area is 166 Å². The number of ether oxygens (including phenoxy) is 1. The van der Waals surface area contributed by atoms with E-state index >= 15 is 0 Å². The van der Waals surface area contributed by atoms with E-state index in [2.05, 4.69) is 17.7 Å². The van der Waals surface area contributed by atoms with Gasteiger partial charge in [-0.1, -0.05) is 70.9 Å². The minimum Gasteiger partial charge on any atom is -0.469 e. The number of ketones is 1. The summed E-state index contributed by atoms with van der Waals surface area (Å²) in [6.07, 6.45) is 17.5. The molecular weight excluding hydrogens is 340 g/mol. The zero-order valence-corrected chi connectivity index (χ0v) is 17.9. The first kappa shape index (κ1) is 25.8. The van der Waals surface area contributed by atoms with Crippen LogP contribution in [-0.2, 0) is 14.3 Å². The van der Waals surface area contributed by atoms with Gasteiger partial charge in [0, 0.05) is 19.3 Å². The highest BCUT2D eigenvalue weighted by Crippen LogP contribution is 2.24. The van der Waals surface area contributed by atoms with Crippen molar-refractivity contribution in [2.24, 2.45) is 0 Å². The molecule has 27 heavy (non-hydrogen) atoms. The first-order chi connectivity index (χ1) is 13.0. The first-order valence-electron chi connectivity index (χ1n) is 11.0. The van der Waals surface area contributed by atoms with E-state index in [-0.39, 0.29) is 11.8 Å². The Morgan fingerprint density at radius 3 is 2.19 bits per heavy atom. The molecule has 0 spiro atoms. The number of hydrogen-bond donors (Lipinski definition) is 1. The van der Waals surface area contributed by atoms with Crippen LogP contribution in [0.15, 0.2) is 12.2 Å². The van der Waals surface area contributed by atoms with Crippen LogP contribution in [-0.4, -0.2) is 29.6 Å². The van der Waals surface area contributed by atoms with Crippen molar-refractivity contribution in [2.45, 2.75) is 116 Å². The van der Waals surface area contributed by atoms with Gasteiger partial charge in [0.1, 0.15) is 5.60 Å². The fourth-order valence-corrected chi connectivity index (χ4v) is 3.22. The molecule has 0 unspecified atom stereocenters. The highest BCUT2D eigenvalue weighted by molar-refractivity contribution is 5.87. The number of hydrogen-bond acceptors (Lipinski definition) is 4. The molecule has 158 valence electrons. The third-order valence-corrected chi connectivity index (χ3v) is 5.04. The molecule has 0 aromatic carbocycles. The summed E-state index contributed by atoms with van der Waals surface area (Å²) >= 11 is 0. The molecule has 0 heterocycles. The predicted octanol–water partition coefficient (Wildman–Crippen LogP) is 5.91. The summed E-state index contributed by atoms with van der Waals surface area (Å²) in [5.74, 6) is -0.130. The Kier molecular flexibility index (Phi) is 16.2. The molecule has 0 aliphatic heterocycles. The molecular formula is C23H42O4. The summed E-state index contributed by atoms with van der Waals surface area (Å²) < 4.78 is 4.63. The van der Waals surface area contributed by atoms with E-state index < -0.39 is 5.60 Å². The number of carbonyl (C=O) groups excluding carboxylic acids is 2. The SMILES string of the molecule is CCCCCC[C@@](O)(C/C=C\CCCCCCCC(=O)OC)C(=O)CCC. The average Bonchev–Trinajstić information content (AvgIpc) is 2.66. The zero-order valence-electron chi connectivity index (χ0n) is 17.9. The van der Waals surface area contributed by atoms with Crippen molar-refractivity contribution in [3.05, 3.63) is 12.2 Å². The highest BCUT2D eigenvalue weighted by atomic mass is 16.5. The van der Waals surface area contributed by atoms with E-state index in [4.69, 9.17) is 0 Å². The molecule has 0 aliphatic carbocycles. The fourth-order valence-electron chi connectivity index (χ4n) is 3.22. The summed E-state index contributed by atoms with van der Waals surface area (Å²) in [6.45, 7) is 4.15. The van der Waals surface area contributed by atoms with Crippen molar-refractivity contribution < 1.29 is 19.4 Å². The number of aliphatic hydroxyl groups is 1. The Bertz CT molecular complexity index is 417. The summed E-state index contributed by atoms with van der Waals surface area (Å²) in [5.41, 5.74) is -1.17. The van der Waals surface area contributed by atoms with Crippen LogP contribution in [0.25, 0.3) is 0 Å². The molecule has 0 aromatic rings. The average molecular weight is 383 g/mol. The van der Waals surface area contributed by atoms with Gasteiger partial charge in [-0.15, -0.1) is 0 Å². The summed E-state index contributed by atoms with van der Waals surface area (Å²) in [7, 11) is 1.43. The Morgan fingerprint density at radius 1 is 0.852 bits per heavy atom. The van der Waals surface area contributed by atoms with Crippen LogP contribution >= 0.6 is 0 Å². The minimum atomic E-state index is -1.17. The monoisotopic (exact) mass is 382 g/mol. The standard InChI is InChI=1S/C23H42O4/c1-4-6-7-15-19-23(26,21(24)17-5-2)20-16-13-11-9-8-10-12-14-18-22(25)27-3/h13,16,26H,4-12,14-15,17-20H2,1-3H3/b16-13-/t23-/m1/s1. The molecule has 0 fully saturated rings. The number of carbonyl (C=O) groups is 2.